The number of amides is 2. The Hall–Kier alpha value is -1.92. The Morgan fingerprint density at radius 2 is 2.20 bits per heavy atom. The molecule has 0 spiro atoms. The van der Waals surface area contributed by atoms with Crippen LogP contribution in [0.25, 0.3) is 0 Å². The largest absolute Gasteiger partial charge is 0.337 e. The number of hydrogen-bond donors (Lipinski definition) is 0. The van der Waals surface area contributed by atoms with Gasteiger partial charge in [-0.2, -0.15) is 0 Å². The highest BCUT2D eigenvalue weighted by atomic mass is 35.5. The van der Waals surface area contributed by atoms with Gasteiger partial charge in [0.15, 0.2) is 0 Å². The molecule has 0 N–H and O–H groups in total. The van der Waals surface area contributed by atoms with Gasteiger partial charge < -0.3 is 9.80 Å². The lowest BCUT2D eigenvalue weighted by Crippen LogP contribution is -2.35. The highest BCUT2D eigenvalue weighted by Gasteiger charge is 2.47. The molecule has 2 saturated heterocycles. The molecule has 5 nitrogen and oxygen atoms in total. The number of nitrogens with zero attached hydrogens (tertiary/aromatic N) is 3. The second-order valence-corrected chi connectivity index (χ2v) is 8.16. The third-order valence-electron chi connectivity index (χ3n) is 4.90. The van der Waals surface area contributed by atoms with Gasteiger partial charge in [0.2, 0.25) is 5.91 Å². The van der Waals surface area contributed by atoms with Gasteiger partial charge in [-0.05, 0) is 25.1 Å². The van der Waals surface area contributed by atoms with Crippen LogP contribution in [-0.4, -0.2) is 46.2 Å². The molecule has 0 aliphatic carbocycles. The summed E-state index contributed by atoms with van der Waals surface area (Å²) >= 11 is 7.58. The van der Waals surface area contributed by atoms with Gasteiger partial charge in [-0.3, -0.25) is 9.59 Å². The van der Waals surface area contributed by atoms with Gasteiger partial charge in [-0.15, -0.1) is 11.3 Å². The van der Waals surface area contributed by atoms with E-state index in [1.54, 1.807) is 40.5 Å². The monoisotopic (exact) mass is 375 g/mol. The summed E-state index contributed by atoms with van der Waals surface area (Å²) in [7, 11) is 0. The maximum Gasteiger partial charge on any atom is 0.253 e. The van der Waals surface area contributed by atoms with Crippen molar-refractivity contribution in [2.45, 2.75) is 13.5 Å². The van der Waals surface area contributed by atoms with Crippen molar-refractivity contribution in [2.24, 2.45) is 11.8 Å². The van der Waals surface area contributed by atoms with Gasteiger partial charge in [0.25, 0.3) is 5.91 Å². The van der Waals surface area contributed by atoms with E-state index in [0.29, 0.717) is 36.8 Å². The number of fused-ring (bicyclic) bond motifs is 1. The smallest absolute Gasteiger partial charge is 0.253 e. The number of hydrogen-bond acceptors (Lipinski definition) is 4. The van der Waals surface area contributed by atoms with E-state index in [4.69, 9.17) is 11.6 Å². The standard InChI is InChI=1S/C18H18ClN3O2S/c1-11-20-15(10-25-11)8-21-6-13-7-22(9-16(13)18(21)24)17(23)12-3-2-4-14(19)5-12/h2-5,10,13,16H,6-9H2,1H3/t13-,16+/m1/s1. The molecule has 0 unspecified atom stereocenters. The zero-order chi connectivity index (χ0) is 17.6. The Labute approximate surface area is 155 Å². The summed E-state index contributed by atoms with van der Waals surface area (Å²) in [6.07, 6.45) is 0. The van der Waals surface area contributed by atoms with Gasteiger partial charge in [0.1, 0.15) is 0 Å². The number of thiazole rings is 1. The van der Waals surface area contributed by atoms with Crippen LogP contribution in [0.2, 0.25) is 5.02 Å². The van der Waals surface area contributed by atoms with E-state index in [-0.39, 0.29) is 23.7 Å². The minimum absolute atomic E-state index is 0.0497. The average molecular weight is 376 g/mol. The fourth-order valence-corrected chi connectivity index (χ4v) is 4.53. The predicted molar refractivity (Wildman–Crippen MR) is 96.6 cm³/mol. The second-order valence-electron chi connectivity index (χ2n) is 6.66. The van der Waals surface area contributed by atoms with Crippen molar-refractivity contribution in [3.05, 3.63) is 50.9 Å². The van der Waals surface area contributed by atoms with Crippen LogP contribution in [0.3, 0.4) is 0 Å². The molecule has 2 amide bonds. The lowest BCUT2D eigenvalue weighted by Gasteiger charge is -2.21. The Balaban J connectivity index is 1.42. The lowest BCUT2D eigenvalue weighted by atomic mass is 10.0. The van der Waals surface area contributed by atoms with Crippen molar-refractivity contribution < 1.29 is 9.59 Å². The fraction of sp³-hybridized carbons (Fsp3) is 0.389. The van der Waals surface area contributed by atoms with E-state index < -0.39 is 0 Å². The van der Waals surface area contributed by atoms with Crippen molar-refractivity contribution in [1.82, 2.24) is 14.8 Å². The molecule has 2 atom stereocenters. The summed E-state index contributed by atoms with van der Waals surface area (Å²) in [4.78, 5) is 33.4. The molecule has 0 saturated carbocycles. The van der Waals surface area contributed by atoms with Crippen LogP contribution >= 0.6 is 22.9 Å². The molecule has 2 fully saturated rings. The van der Waals surface area contributed by atoms with Crippen LogP contribution < -0.4 is 0 Å². The second kappa shape index (κ2) is 6.42. The van der Waals surface area contributed by atoms with Gasteiger partial charge >= 0.3 is 0 Å². The van der Waals surface area contributed by atoms with E-state index >= 15 is 0 Å². The van der Waals surface area contributed by atoms with Crippen molar-refractivity contribution in [3.63, 3.8) is 0 Å². The van der Waals surface area contributed by atoms with Crippen molar-refractivity contribution in [2.75, 3.05) is 19.6 Å². The Bertz CT molecular complexity index is 837. The summed E-state index contributed by atoms with van der Waals surface area (Å²) in [5.74, 6) is 0.196. The van der Waals surface area contributed by atoms with Gasteiger partial charge in [0, 0.05) is 41.5 Å². The minimum atomic E-state index is -0.0946. The summed E-state index contributed by atoms with van der Waals surface area (Å²) in [6.45, 7) is 4.33. The Kier molecular flexibility index (Phi) is 4.25. The molecule has 0 bridgehead atoms. The molecule has 2 aliphatic heterocycles. The lowest BCUT2D eigenvalue weighted by molar-refractivity contribution is -0.131. The van der Waals surface area contributed by atoms with Crippen molar-refractivity contribution in [1.29, 1.82) is 0 Å². The number of aromatic nitrogens is 1. The van der Waals surface area contributed by atoms with E-state index in [2.05, 4.69) is 4.98 Å². The molecule has 3 heterocycles. The molecule has 4 rings (SSSR count). The molecular weight excluding hydrogens is 358 g/mol. The van der Waals surface area contributed by atoms with Crippen LogP contribution in [0.5, 0.6) is 0 Å². The number of carbonyl (C=O) groups is 2. The number of halogens is 1. The maximum atomic E-state index is 12.7. The first-order valence-electron chi connectivity index (χ1n) is 8.26. The van der Waals surface area contributed by atoms with Crippen molar-refractivity contribution in [3.8, 4) is 0 Å². The molecule has 2 aromatic rings. The molecule has 0 radical (unpaired) electrons. The van der Waals surface area contributed by atoms with E-state index in [0.717, 1.165) is 10.7 Å². The summed E-state index contributed by atoms with van der Waals surface area (Å²) in [5, 5.41) is 3.57. The van der Waals surface area contributed by atoms with E-state index in [9.17, 15) is 9.59 Å². The predicted octanol–water partition coefficient (Wildman–Crippen LogP) is 2.84. The minimum Gasteiger partial charge on any atom is -0.337 e. The Morgan fingerprint density at radius 3 is 2.88 bits per heavy atom. The zero-order valence-corrected chi connectivity index (χ0v) is 15.4. The van der Waals surface area contributed by atoms with Gasteiger partial charge in [-0.25, -0.2) is 4.98 Å². The summed E-state index contributed by atoms with van der Waals surface area (Å²) < 4.78 is 0. The number of rotatable bonds is 3. The number of likely N-dealkylation sites (tertiary alicyclic amines) is 2. The van der Waals surface area contributed by atoms with E-state index in [1.807, 2.05) is 17.2 Å². The summed E-state index contributed by atoms with van der Waals surface area (Å²) in [6, 6.07) is 6.96. The first-order chi connectivity index (χ1) is 12.0. The van der Waals surface area contributed by atoms with Crippen LogP contribution in [-0.2, 0) is 11.3 Å². The molecule has 1 aromatic carbocycles. The van der Waals surface area contributed by atoms with Gasteiger partial charge in [0.05, 0.1) is 23.2 Å². The average Bonchev–Trinajstić information content (AvgIpc) is 3.25. The quantitative estimate of drug-likeness (QED) is 0.828. The highest BCUT2D eigenvalue weighted by molar-refractivity contribution is 7.09. The van der Waals surface area contributed by atoms with Crippen LogP contribution in [0, 0.1) is 18.8 Å². The normalized spacial score (nSPS) is 22.6. The number of aryl methyl sites for hydroxylation is 1. The molecule has 1 aromatic heterocycles. The molecule has 130 valence electrons. The summed E-state index contributed by atoms with van der Waals surface area (Å²) in [5.41, 5.74) is 1.53. The van der Waals surface area contributed by atoms with Crippen LogP contribution in [0.4, 0.5) is 0 Å². The molecule has 7 heteroatoms. The highest BCUT2D eigenvalue weighted by Crippen LogP contribution is 2.34. The molecule has 2 aliphatic rings. The van der Waals surface area contributed by atoms with Crippen LogP contribution in [0.15, 0.2) is 29.6 Å². The van der Waals surface area contributed by atoms with Crippen molar-refractivity contribution >= 4 is 34.8 Å². The fourth-order valence-electron chi connectivity index (χ4n) is 3.73. The topological polar surface area (TPSA) is 53.5 Å². The number of benzene rings is 1. The first-order valence-corrected chi connectivity index (χ1v) is 9.51. The zero-order valence-electron chi connectivity index (χ0n) is 13.8. The first kappa shape index (κ1) is 16.5. The third kappa shape index (κ3) is 3.16. The molecule has 25 heavy (non-hydrogen) atoms. The van der Waals surface area contributed by atoms with Crippen LogP contribution in [0.1, 0.15) is 21.1 Å². The molecular formula is C18H18ClN3O2S. The SMILES string of the molecule is Cc1nc(CN2C[C@@H]3CN(C(=O)c4cccc(Cl)c4)C[C@@H]3C2=O)cs1. The Morgan fingerprint density at radius 1 is 1.36 bits per heavy atom. The van der Waals surface area contributed by atoms with E-state index in [1.165, 1.54) is 0 Å². The third-order valence-corrected chi connectivity index (χ3v) is 5.96. The maximum absolute atomic E-state index is 12.7. The number of carbonyl (C=O) groups excluding carboxylic acids is 2. The van der Waals surface area contributed by atoms with Gasteiger partial charge in [-0.1, -0.05) is 17.7 Å².